The molecule has 35 heteroatoms. The fraction of sp³-hybridized carbons (Fsp3) is 0.443. The fourth-order valence-electron chi connectivity index (χ4n) is 11.9. The van der Waals surface area contributed by atoms with Gasteiger partial charge in [0.05, 0.1) is 55.3 Å². The zero-order valence-corrected chi connectivity index (χ0v) is 53.8. The number of aliphatic hydroxyl groups is 5. The Labute approximate surface area is 547 Å². The Morgan fingerprint density at radius 2 is 1.42 bits per heavy atom. The Morgan fingerprint density at radius 3 is 2.12 bits per heavy atom. The van der Waals surface area contributed by atoms with Crippen LogP contribution in [0, 0.1) is 12.7 Å². The minimum atomic E-state index is -1.72. The van der Waals surface area contributed by atoms with Crippen LogP contribution >= 0.6 is 0 Å². The summed E-state index contributed by atoms with van der Waals surface area (Å²) >= 11 is 0. The van der Waals surface area contributed by atoms with E-state index in [2.05, 4.69) is 47.9 Å². The first-order valence-electron chi connectivity index (χ1n) is 30.5. The first-order chi connectivity index (χ1) is 45.7. The zero-order valence-electron chi connectivity index (χ0n) is 51.8. The number of hydrogen-bond acceptors (Lipinski definition) is 22. The fourth-order valence-corrected chi connectivity index (χ4v) is 12.9. The van der Waals surface area contributed by atoms with Gasteiger partial charge in [-0.3, -0.25) is 62.4 Å². The summed E-state index contributed by atoms with van der Waals surface area (Å²) in [6.07, 6.45) is -8.01. The first-order valence-corrected chi connectivity index (χ1v) is 31.5. The highest BCUT2D eigenvalue weighted by Crippen LogP contribution is 2.46. The smallest absolute Gasteiger partial charge is 0.340 e. The normalized spacial score (nSPS) is 21.2. The number of fused-ring (bicyclic) bond motifs is 5. The van der Waals surface area contributed by atoms with Gasteiger partial charge in [-0.1, -0.05) is 30.3 Å². The number of pyridine rings is 2. The largest absolute Gasteiger partial charge is 0.458 e. The van der Waals surface area contributed by atoms with Gasteiger partial charge in [0.1, 0.15) is 74.9 Å². The Morgan fingerprint density at radius 1 is 0.750 bits per heavy atom. The highest BCUT2D eigenvalue weighted by atomic mass is 28.1. The monoisotopic (exact) mass is 1350 g/mol. The van der Waals surface area contributed by atoms with Gasteiger partial charge >= 0.3 is 5.97 Å². The number of hydrogen-bond donors (Lipinski definition) is 14. The lowest BCUT2D eigenvalue weighted by molar-refractivity contribution is -0.227. The number of amides is 11. The summed E-state index contributed by atoms with van der Waals surface area (Å²) in [6.45, 7) is -3.94. The molecule has 11 amide bonds. The molecule has 4 aromatic rings. The number of carbonyl (C=O) groups excluding carboxylic acids is 12. The summed E-state index contributed by atoms with van der Waals surface area (Å²) in [5, 5.41) is 72.6. The molecule has 1 aliphatic carbocycles. The van der Waals surface area contributed by atoms with Gasteiger partial charge in [-0.05, 0) is 54.5 Å². The predicted octanol–water partition coefficient (Wildman–Crippen LogP) is -7.64. The summed E-state index contributed by atoms with van der Waals surface area (Å²) in [7, 11) is 0.305. The number of aromatic nitrogens is 2. The van der Waals surface area contributed by atoms with Crippen molar-refractivity contribution >= 4 is 92.1 Å². The van der Waals surface area contributed by atoms with Crippen molar-refractivity contribution in [2.75, 3.05) is 59.2 Å². The number of imide groups is 1. The van der Waals surface area contributed by atoms with Crippen molar-refractivity contribution in [3.8, 4) is 11.4 Å². The second kappa shape index (κ2) is 30.8. The van der Waals surface area contributed by atoms with Crippen LogP contribution in [0.3, 0.4) is 0 Å². The van der Waals surface area contributed by atoms with Crippen LogP contribution in [0.4, 0.5) is 4.39 Å². The lowest BCUT2D eigenvalue weighted by Gasteiger charge is -2.40. The van der Waals surface area contributed by atoms with E-state index in [0.717, 1.165) is 12.2 Å². The molecule has 2 aromatic heterocycles. The Kier molecular flexibility index (Phi) is 22.6. The number of esters is 1. The zero-order chi connectivity index (χ0) is 69.3. The number of benzene rings is 2. The van der Waals surface area contributed by atoms with E-state index in [0.29, 0.717) is 72.6 Å². The number of carbonyl (C=O) groups is 12. The summed E-state index contributed by atoms with van der Waals surface area (Å²) in [6, 6.07) is 8.40. The van der Waals surface area contributed by atoms with Gasteiger partial charge in [0.25, 0.3) is 17.4 Å². The highest BCUT2D eigenvalue weighted by molar-refractivity contribution is 6.20. The number of nitrogens with zero attached hydrogens (tertiary/aromatic N) is 3. The Balaban J connectivity index is 0.744. The van der Waals surface area contributed by atoms with Crippen LogP contribution in [0.15, 0.2) is 59.4 Å². The van der Waals surface area contributed by atoms with E-state index in [1.165, 1.54) is 16.7 Å². The lowest BCUT2D eigenvalue weighted by atomic mass is 9.81. The lowest BCUT2D eigenvalue weighted by Crippen LogP contribution is -2.60. The standard InChI is InChI=1S/C61H71FN12O21Si/c1-28-30-11-13-61(96,51-32-22-73-38(52(32)71-36(50(30)51)17-34(28)62)16-31-33(59(73)91)25-94-60(92)53(31)85)72-47(82)26-93-27-68-44(79)20-67-58(90)37(15-29-5-3-2-4-6-29)70-45(80)21-65-43(78)19-66-57(89)35(69-42(77)12-14-63-46(81)23-74-48(83)9-10-49(74)84)7-8-41(76)64-18-39-54(86)56(88)55(87)40(24-75)95-39/h2-6,9-10,16-17,35,37,39-40,53-56,75,85-88H,7-8,11-15,18-27H2,1,96H3,(H,63,81)(H,64,76)(H,65,78)(H,66,89)(H,67,90)(H,68,79)(H,69,77)(H,70,80)(H,72,82)/t35-,37-,39-,40+,53-,54-,55+,56+,61-/m0/s1. The molecule has 2 aromatic carbocycles. The summed E-state index contributed by atoms with van der Waals surface area (Å²) < 4.78 is 32.9. The molecule has 0 unspecified atom stereocenters. The van der Waals surface area contributed by atoms with Gasteiger partial charge in [-0.15, -0.1) is 0 Å². The van der Waals surface area contributed by atoms with Crippen LogP contribution < -0.4 is 53.4 Å². The molecule has 9 atom stereocenters. The van der Waals surface area contributed by atoms with E-state index in [1.54, 1.807) is 37.3 Å². The van der Waals surface area contributed by atoms with Crippen molar-refractivity contribution in [3.05, 3.63) is 110 Å². The predicted molar refractivity (Wildman–Crippen MR) is 330 cm³/mol. The third kappa shape index (κ3) is 16.3. The van der Waals surface area contributed by atoms with Gasteiger partial charge in [0, 0.05) is 82.5 Å². The highest BCUT2D eigenvalue weighted by Gasteiger charge is 2.45. The number of cyclic esters (lactones) is 1. The van der Waals surface area contributed by atoms with E-state index in [-0.39, 0.29) is 42.8 Å². The average molecular weight is 1360 g/mol. The molecule has 0 bridgehead atoms. The second-order valence-electron chi connectivity index (χ2n) is 23.6. The molecule has 33 nitrogen and oxygen atoms in total. The van der Waals surface area contributed by atoms with Crippen molar-refractivity contribution in [3.63, 3.8) is 0 Å². The molecule has 1 fully saturated rings. The van der Waals surface area contributed by atoms with E-state index in [9.17, 15) is 87.9 Å². The maximum atomic E-state index is 15.5. The number of nitrogens with one attached hydrogen (secondary N) is 9. The molecule has 96 heavy (non-hydrogen) atoms. The van der Waals surface area contributed by atoms with Crippen molar-refractivity contribution < 1.29 is 102 Å². The number of halogens is 1. The number of rotatable bonds is 28. The van der Waals surface area contributed by atoms with E-state index in [1.807, 2.05) is 0 Å². The molecular weight excluding hydrogens is 1280 g/mol. The van der Waals surface area contributed by atoms with Gasteiger partial charge in [0.2, 0.25) is 53.2 Å². The molecular formula is C61H71FN12O21Si. The minimum absolute atomic E-state index is 0.0234. The molecule has 0 radical (unpaired) electrons. The average Bonchev–Trinajstić information content (AvgIpc) is 1.41. The van der Waals surface area contributed by atoms with Crippen molar-refractivity contribution in [1.29, 1.82) is 0 Å². The van der Waals surface area contributed by atoms with Crippen LogP contribution in [0.5, 0.6) is 0 Å². The summed E-state index contributed by atoms with van der Waals surface area (Å²) in [5.41, 5.74) is 3.56. The first kappa shape index (κ1) is 70.6. The summed E-state index contributed by atoms with van der Waals surface area (Å²) in [4.78, 5) is 174. The van der Waals surface area contributed by atoms with Crippen molar-refractivity contribution in [1.82, 2.24) is 62.3 Å². The molecule has 6 heterocycles. The van der Waals surface area contributed by atoms with Crippen LogP contribution in [0.1, 0.15) is 70.7 Å². The van der Waals surface area contributed by atoms with E-state index >= 15 is 4.39 Å². The summed E-state index contributed by atoms with van der Waals surface area (Å²) in [5.74, 6) is -10.2. The second-order valence-corrected chi connectivity index (χ2v) is 25.3. The SMILES string of the molecule is Cc1c(F)cc2nc3c(c4c2c1CC[C@@]4([SiH3])NC(=O)COCNC(=O)CNC(=O)[C@H](Cc1ccccc1)NC(=O)CNC(=O)CNC(=O)[C@H](CCC(=O)NC[C@@H]1O[C@H](CO)[C@@H](O)[C@H](O)[C@H]1O)NC(=O)CCNC(=O)CN1C(=O)C=CC1=O)Cn1c-3cc2c(c1=O)COC(=O)[C@H]2O. The quantitative estimate of drug-likeness (QED) is 0.00727. The minimum Gasteiger partial charge on any atom is -0.458 e. The van der Waals surface area contributed by atoms with Gasteiger partial charge in [-0.25, -0.2) is 14.2 Å². The number of ether oxygens (including phenoxy) is 3. The number of aryl methyl sites for hydroxylation is 1. The van der Waals surface area contributed by atoms with E-state index in [4.69, 9.17) is 19.2 Å². The molecule has 14 N–H and O–H groups in total. The molecule has 4 aliphatic heterocycles. The topological polar surface area (TPSA) is 480 Å². The number of aliphatic hydroxyl groups excluding tert-OH is 5. The Bertz CT molecular complexity index is 3870. The van der Waals surface area contributed by atoms with Gasteiger partial charge < -0.3 is 92.2 Å². The van der Waals surface area contributed by atoms with Gasteiger partial charge in [0.15, 0.2) is 6.10 Å². The van der Waals surface area contributed by atoms with Crippen LogP contribution in [-0.4, -0.2) is 223 Å². The molecule has 512 valence electrons. The van der Waals surface area contributed by atoms with Gasteiger partial charge in [-0.2, -0.15) is 0 Å². The van der Waals surface area contributed by atoms with Crippen molar-refractivity contribution in [2.24, 2.45) is 0 Å². The third-order valence-electron chi connectivity index (χ3n) is 16.9. The molecule has 1 saturated heterocycles. The van der Waals surface area contributed by atoms with Crippen LogP contribution in [-0.2, 0) is 103 Å². The van der Waals surface area contributed by atoms with Crippen LogP contribution in [0.25, 0.3) is 22.3 Å². The third-order valence-corrected chi connectivity index (χ3v) is 18.2. The van der Waals surface area contributed by atoms with Crippen molar-refractivity contribution in [2.45, 2.75) is 112 Å². The molecule has 0 spiro atoms. The molecule has 5 aliphatic rings. The molecule has 9 rings (SSSR count). The van der Waals surface area contributed by atoms with E-state index < -0.39 is 208 Å². The van der Waals surface area contributed by atoms with Crippen LogP contribution in [0.2, 0.25) is 0 Å². The maximum Gasteiger partial charge on any atom is 0.340 e. The Hall–Kier alpha value is -9.75. The maximum absolute atomic E-state index is 15.5. The molecule has 0 saturated carbocycles.